The molecule has 6 heteroatoms. The molecular formula is C18H24N4O2. The SMILES string of the molecule is Cc1cc(C)n(C2CN(CC(=O)NCCOc3ccccc3)C2)n1. The van der Waals surface area contributed by atoms with Crippen LogP contribution in [0.2, 0.25) is 0 Å². The van der Waals surface area contributed by atoms with Crippen molar-refractivity contribution in [1.82, 2.24) is 20.0 Å². The van der Waals surface area contributed by atoms with Gasteiger partial charge in [0.2, 0.25) is 5.91 Å². The number of hydrogen-bond acceptors (Lipinski definition) is 4. The summed E-state index contributed by atoms with van der Waals surface area (Å²) < 4.78 is 7.62. The highest BCUT2D eigenvalue weighted by atomic mass is 16.5. The molecule has 2 heterocycles. The minimum Gasteiger partial charge on any atom is -0.492 e. The number of carbonyl (C=O) groups is 1. The third-order valence-electron chi connectivity index (χ3n) is 4.13. The number of amides is 1. The van der Waals surface area contributed by atoms with Crippen LogP contribution in [0.4, 0.5) is 0 Å². The Kier molecular flexibility index (Phi) is 5.15. The molecule has 1 aliphatic heterocycles. The smallest absolute Gasteiger partial charge is 0.234 e. The molecule has 1 fully saturated rings. The molecule has 24 heavy (non-hydrogen) atoms. The number of para-hydroxylation sites is 1. The minimum atomic E-state index is 0.0403. The van der Waals surface area contributed by atoms with Crippen molar-refractivity contribution in [2.45, 2.75) is 19.9 Å². The molecule has 0 radical (unpaired) electrons. The Bertz CT molecular complexity index is 678. The van der Waals surface area contributed by atoms with Gasteiger partial charge in [-0.15, -0.1) is 0 Å². The molecule has 0 saturated carbocycles. The molecule has 0 aliphatic carbocycles. The van der Waals surface area contributed by atoms with E-state index in [1.165, 1.54) is 5.69 Å². The number of likely N-dealkylation sites (tertiary alicyclic amines) is 1. The van der Waals surface area contributed by atoms with Crippen LogP contribution in [-0.2, 0) is 4.79 Å². The first-order chi connectivity index (χ1) is 11.6. The number of benzene rings is 1. The summed E-state index contributed by atoms with van der Waals surface area (Å²) in [7, 11) is 0. The summed E-state index contributed by atoms with van der Waals surface area (Å²) in [6.07, 6.45) is 0. The first-order valence-corrected chi connectivity index (χ1v) is 8.31. The Morgan fingerprint density at radius 3 is 2.71 bits per heavy atom. The summed E-state index contributed by atoms with van der Waals surface area (Å²) in [5, 5.41) is 7.40. The zero-order valence-corrected chi connectivity index (χ0v) is 14.2. The van der Waals surface area contributed by atoms with Crippen LogP contribution >= 0.6 is 0 Å². The number of carbonyl (C=O) groups excluding carboxylic acids is 1. The second kappa shape index (κ2) is 7.49. The fourth-order valence-corrected chi connectivity index (χ4v) is 2.98. The second-order valence-corrected chi connectivity index (χ2v) is 6.23. The fraction of sp³-hybridized carbons (Fsp3) is 0.444. The van der Waals surface area contributed by atoms with Crippen LogP contribution in [0, 0.1) is 13.8 Å². The molecular weight excluding hydrogens is 304 g/mol. The second-order valence-electron chi connectivity index (χ2n) is 6.23. The van der Waals surface area contributed by atoms with Crippen molar-refractivity contribution >= 4 is 5.91 Å². The maximum Gasteiger partial charge on any atom is 0.234 e. The lowest BCUT2D eigenvalue weighted by molar-refractivity contribution is -0.123. The van der Waals surface area contributed by atoms with E-state index in [0.717, 1.165) is 24.5 Å². The van der Waals surface area contributed by atoms with E-state index < -0.39 is 0 Å². The van der Waals surface area contributed by atoms with Gasteiger partial charge in [-0.2, -0.15) is 5.10 Å². The molecule has 1 aromatic heterocycles. The highest BCUT2D eigenvalue weighted by Crippen LogP contribution is 2.22. The third-order valence-corrected chi connectivity index (χ3v) is 4.13. The maximum atomic E-state index is 11.9. The summed E-state index contributed by atoms with van der Waals surface area (Å²) in [6.45, 7) is 7.24. The van der Waals surface area contributed by atoms with Crippen LogP contribution in [-0.4, -0.2) is 53.4 Å². The van der Waals surface area contributed by atoms with E-state index >= 15 is 0 Å². The number of ether oxygens (including phenoxy) is 1. The number of rotatable bonds is 7. The van der Waals surface area contributed by atoms with Gasteiger partial charge in [0.15, 0.2) is 0 Å². The lowest BCUT2D eigenvalue weighted by Crippen LogP contribution is -2.52. The summed E-state index contributed by atoms with van der Waals surface area (Å²) in [5.74, 6) is 0.862. The first-order valence-electron chi connectivity index (χ1n) is 8.31. The standard InChI is InChI=1S/C18H24N4O2/c1-14-10-15(2)22(20-14)16-11-21(12-16)13-18(23)19-8-9-24-17-6-4-3-5-7-17/h3-7,10,16H,8-9,11-13H2,1-2H3,(H,19,23). The van der Waals surface area contributed by atoms with Gasteiger partial charge in [-0.1, -0.05) is 18.2 Å². The Hall–Kier alpha value is -2.34. The lowest BCUT2D eigenvalue weighted by Gasteiger charge is -2.39. The Morgan fingerprint density at radius 1 is 1.29 bits per heavy atom. The van der Waals surface area contributed by atoms with E-state index in [0.29, 0.717) is 25.7 Å². The van der Waals surface area contributed by atoms with Crippen molar-refractivity contribution in [3.63, 3.8) is 0 Å². The van der Waals surface area contributed by atoms with E-state index in [9.17, 15) is 4.79 Å². The van der Waals surface area contributed by atoms with Gasteiger partial charge in [0.1, 0.15) is 12.4 Å². The molecule has 1 N–H and O–H groups in total. The summed E-state index contributed by atoms with van der Waals surface area (Å²) >= 11 is 0. The van der Waals surface area contributed by atoms with Gasteiger partial charge >= 0.3 is 0 Å². The molecule has 0 unspecified atom stereocenters. The van der Waals surface area contributed by atoms with Crippen molar-refractivity contribution in [2.75, 3.05) is 32.8 Å². The van der Waals surface area contributed by atoms with Gasteiger partial charge in [0.05, 0.1) is 24.8 Å². The first kappa shape index (κ1) is 16.5. The molecule has 0 spiro atoms. The average Bonchev–Trinajstić information content (AvgIpc) is 2.86. The zero-order chi connectivity index (χ0) is 16.9. The van der Waals surface area contributed by atoms with Crippen molar-refractivity contribution in [1.29, 1.82) is 0 Å². The van der Waals surface area contributed by atoms with Crippen molar-refractivity contribution in [3.05, 3.63) is 47.8 Å². The molecule has 6 nitrogen and oxygen atoms in total. The topological polar surface area (TPSA) is 59.4 Å². The van der Waals surface area contributed by atoms with Gasteiger partial charge in [-0.3, -0.25) is 14.4 Å². The highest BCUT2D eigenvalue weighted by molar-refractivity contribution is 5.78. The summed E-state index contributed by atoms with van der Waals surface area (Å²) in [5.41, 5.74) is 2.22. The molecule has 1 aliphatic rings. The van der Waals surface area contributed by atoms with Gasteiger partial charge in [0.25, 0.3) is 0 Å². The normalized spacial score (nSPS) is 15.1. The van der Waals surface area contributed by atoms with E-state index in [2.05, 4.69) is 33.0 Å². The fourth-order valence-electron chi connectivity index (χ4n) is 2.98. The molecule has 0 bridgehead atoms. The van der Waals surface area contributed by atoms with E-state index in [-0.39, 0.29) is 5.91 Å². The van der Waals surface area contributed by atoms with Crippen molar-refractivity contribution in [2.24, 2.45) is 0 Å². The Balaban J connectivity index is 1.31. The van der Waals surface area contributed by atoms with E-state index in [1.54, 1.807) is 0 Å². The molecule has 2 aromatic rings. The molecule has 0 atom stereocenters. The molecule has 1 amide bonds. The number of nitrogens with zero attached hydrogens (tertiary/aromatic N) is 3. The minimum absolute atomic E-state index is 0.0403. The summed E-state index contributed by atoms with van der Waals surface area (Å²) in [6, 6.07) is 12.1. The molecule has 3 rings (SSSR count). The average molecular weight is 328 g/mol. The number of hydrogen-bond donors (Lipinski definition) is 1. The quantitative estimate of drug-likeness (QED) is 0.784. The van der Waals surface area contributed by atoms with Gasteiger partial charge < -0.3 is 10.1 Å². The van der Waals surface area contributed by atoms with Gasteiger partial charge in [0, 0.05) is 18.8 Å². The lowest BCUT2D eigenvalue weighted by atomic mass is 10.1. The zero-order valence-electron chi connectivity index (χ0n) is 14.2. The van der Waals surface area contributed by atoms with E-state index in [4.69, 9.17) is 4.74 Å². The van der Waals surface area contributed by atoms with Gasteiger partial charge in [-0.05, 0) is 32.0 Å². The molecule has 128 valence electrons. The Morgan fingerprint density at radius 2 is 2.04 bits per heavy atom. The van der Waals surface area contributed by atoms with Crippen LogP contribution in [0.5, 0.6) is 5.75 Å². The predicted octanol–water partition coefficient (Wildman–Crippen LogP) is 1.55. The van der Waals surface area contributed by atoms with Crippen molar-refractivity contribution < 1.29 is 9.53 Å². The van der Waals surface area contributed by atoms with Crippen LogP contribution < -0.4 is 10.1 Å². The highest BCUT2D eigenvalue weighted by Gasteiger charge is 2.30. The van der Waals surface area contributed by atoms with Crippen molar-refractivity contribution in [3.8, 4) is 5.75 Å². The molecule has 1 aromatic carbocycles. The number of nitrogens with one attached hydrogen (secondary N) is 1. The number of aromatic nitrogens is 2. The Labute approximate surface area is 142 Å². The van der Waals surface area contributed by atoms with Crippen LogP contribution in [0.3, 0.4) is 0 Å². The largest absolute Gasteiger partial charge is 0.492 e. The van der Waals surface area contributed by atoms with Crippen LogP contribution in [0.25, 0.3) is 0 Å². The third kappa shape index (κ3) is 4.14. The number of aryl methyl sites for hydroxylation is 2. The van der Waals surface area contributed by atoms with Crippen LogP contribution in [0.1, 0.15) is 17.4 Å². The maximum absolute atomic E-state index is 11.9. The van der Waals surface area contributed by atoms with Crippen LogP contribution in [0.15, 0.2) is 36.4 Å². The molecule has 1 saturated heterocycles. The van der Waals surface area contributed by atoms with Gasteiger partial charge in [-0.25, -0.2) is 0 Å². The van der Waals surface area contributed by atoms with E-state index in [1.807, 2.05) is 37.3 Å². The predicted molar refractivity (Wildman–Crippen MR) is 92.1 cm³/mol. The monoisotopic (exact) mass is 328 g/mol. The summed E-state index contributed by atoms with van der Waals surface area (Å²) in [4.78, 5) is 14.1.